The fraction of sp³-hybridized carbons (Fsp3) is 0.857. The van der Waals surface area contributed by atoms with Crippen molar-refractivity contribution in [2.75, 3.05) is 26.2 Å². The van der Waals surface area contributed by atoms with E-state index in [1.165, 1.54) is 0 Å². The van der Waals surface area contributed by atoms with E-state index >= 15 is 0 Å². The first-order valence-electron chi connectivity index (χ1n) is 3.64. The molecule has 3 nitrogen and oxygen atoms in total. The van der Waals surface area contributed by atoms with Crippen LogP contribution in [-0.2, 0) is 0 Å². The number of nitrogens with zero attached hydrogens (tertiary/aromatic N) is 2. The third-order valence-corrected chi connectivity index (χ3v) is 1.84. The lowest BCUT2D eigenvalue weighted by Crippen LogP contribution is -2.28. The Balaban J connectivity index is 2.14. The molecule has 1 atom stereocenters. The normalized spacial score (nSPS) is 26.6. The summed E-state index contributed by atoms with van der Waals surface area (Å²) in [5.41, 5.74) is 5.68. The molecule has 0 saturated carbocycles. The summed E-state index contributed by atoms with van der Waals surface area (Å²) in [5, 5.41) is 0. The Kier molecular flexibility index (Phi) is 2.67. The zero-order chi connectivity index (χ0) is 7.40. The van der Waals surface area contributed by atoms with Crippen molar-refractivity contribution in [3.05, 3.63) is 11.4 Å². The Morgan fingerprint density at radius 2 is 2.50 bits per heavy atom. The molecule has 0 aromatic rings. The molecule has 0 unspecified atom stereocenters. The van der Waals surface area contributed by atoms with Crippen molar-refractivity contribution in [2.24, 2.45) is 5.73 Å². The first-order chi connectivity index (χ1) is 4.83. The Bertz CT molecular complexity index is 138. The molecule has 10 heavy (non-hydrogen) atoms. The molecule has 0 aromatic carbocycles. The molecule has 0 spiro atoms. The van der Waals surface area contributed by atoms with Gasteiger partial charge in [0.25, 0.3) is 0 Å². The SMILES string of the molecule is [C-]#[N+]CCN1CC[C@@H](N)C1. The summed E-state index contributed by atoms with van der Waals surface area (Å²) >= 11 is 0. The van der Waals surface area contributed by atoms with Crippen molar-refractivity contribution in [3.8, 4) is 0 Å². The van der Waals surface area contributed by atoms with Crippen LogP contribution in [0.1, 0.15) is 6.42 Å². The van der Waals surface area contributed by atoms with Crippen LogP contribution >= 0.6 is 0 Å². The summed E-state index contributed by atoms with van der Waals surface area (Å²) in [6.07, 6.45) is 1.10. The van der Waals surface area contributed by atoms with Crippen molar-refractivity contribution >= 4 is 0 Å². The second-order valence-electron chi connectivity index (χ2n) is 2.73. The molecule has 1 saturated heterocycles. The van der Waals surface area contributed by atoms with Crippen LogP contribution in [0.3, 0.4) is 0 Å². The smallest absolute Gasteiger partial charge is 0.227 e. The van der Waals surface area contributed by atoms with E-state index in [0.717, 1.165) is 26.1 Å². The zero-order valence-corrected chi connectivity index (χ0v) is 6.08. The van der Waals surface area contributed by atoms with Gasteiger partial charge in [0.05, 0.1) is 6.54 Å². The van der Waals surface area contributed by atoms with Crippen molar-refractivity contribution in [2.45, 2.75) is 12.5 Å². The molecule has 0 radical (unpaired) electrons. The monoisotopic (exact) mass is 139 g/mol. The van der Waals surface area contributed by atoms with E-state index in [4.69, 9.17) is 12.3 Å². The molecule has 1 aliphatic heterocycles. The van der Waals surface area contributed by atoms with E-state index < -0.39 is 0 Å². The largest absolute Gasteiger partial charge is 0.326 e. The average Bonchev–Trinajstić information content (AvgIpc) is 2.31. The van der Waals surface area contributed by atoms with Crippen molar-refractivity contribution in [1.82, 2.24) is 4.90 Å². The Labute approximate surface area is 61.6 Å². The van der Waals surface area contributed by atoms with Crippen molar-refractivity contribution in [1.29, 1.82) is 0 Å². The predicted molar refractivity (Wildman–Crippen MR) is 40.5 cm³/mol. The topological polar surface area (TPSA) is 33.6 Å². The van der Waals surface area contributed by atoms with Gasteiger partial charge >= 0.3 is 0 Å². The minimum absolute atomic E-state index is 0.353. The van der Waals surface area contributed by atoms with E-state index in [9.17, 15) is 0 Å². The zero-order valence-electron chi connectivity index (χ0n) is 6.08. The molecular weight excluding hydrogens is 126 g/mol. The third-order valence-electron chi connectivity index (χ3n) is 1.84. The summed E-state index contributed by atoms with van der Waals surface area (Å²) in [6.45, 7) is 10.2. The number of hydrogen-bond donors (Lipinski definition) is 1. The van der Waals surface area contributed by atoms with Gasteiger partial charge in [0.1, 0.15) is 0 Å². The fourth-order valence-corrected chi connectivity index (χ4v) is 1.26. The van der Waals surface area contributed by atoms with E-state index in [1.54, 1.807) is 0 Å². The van der Waals surface area contributed by atoms with Crippen LogP contribution < -0.4 is 5.73 Å². The minimum atomic E-state index is 0.353. The maximum absolute atomic E-state index is 6.58. The lowest BCUT2D eigenvalue weighted by Gasteiger charge is -2.09. The van der Waals surface area contributed by atoms with E-state index in [0.29, 0.717) is 12.6 Å². The molecule has 1 rings (SSSR count). The van der Waals surface area contributed by atoms with Crippen LogP contribution in [0.2, 0.25) is 0 Å². The van der Waals surface area contributed by atoms with E-state index in [1.807, 2.05) is 0 Å². The highest BCUT2D eigenvalue weighted by molar-refractivity contribution is 4.79. The van der Waals surface area contributed by atoms with Crippen LogP contribution in [0.15, 0.2) is 0 Å². The fourth-order valence-electron chi connectivity index (χ4n) is 1.26. The highest BCUT2D eigenvalue weighted by Gasteiger charge is 2.18. The average molecular weight is 139 g/mol. The second-order valence-corrected chi connectivity index (χ2v) is 2.73. The molecule has 0 bridgehead atoms. The van der Waals surface area contributed by atoms with Crippen LogP contribution in [0.4, 0.5) is 0 Å². The van der Waals surface area contributed by atoms with Gasteiger partial charge in [0, 0.05) is 19.1 Å². The maximum Gasteiger partial charge on any atom is 0.227 e. The highest BCUT2D eigenvalue weighted by atomic mass is 15.2. The second kappa shape index (κ2) is 3.55. The van der Waals surface area contributed by atoms with Gasteiger partial charge in [-0.3, -0.25) is 4.90 Å². The van der Waals surface area contributed by atoms with Gasteiger partial charge in [0.2, 0.25) is 6.54 Å². The standard InChI is InChI=1S/C7H13N3/c1-9-3-5-10-4-2-7(8)6-10/h7H,2-6,8H2/t7-/m1/s1. The lowest BCUT2D eigenvalue weighted by molar-refractivity contribution is 0.351. The predicted octanol–water partition coefficient (Wildman–Crippen LogP) is -0.0613. The quantitative estimate of drug-likeness (QED) is 0.544. The molecule has 1 fully saturated rings. The lowest BCUT2D eigenvalue weighted by atomic mass is 10.3. The Hall–Kier alpha value is -0.590. The van der Waals surface area contributed by atoms with Crippen LogP contribution in [0, 0.1) is 6.57 Å². The Morgan fingerprint density at radius 1 is 1.70 bits per heavy atom. The van der Waals surface area contributed by atoms with Crippen molar-refractivity contribution in [3.63, 3.8) is 0 Å². The first kappa shape index (κ1) is 7.52. The van der Waals surface area contributed by atoms with Crippen molar-refractivity contribution < 1.29 is 0 Å². The molecule has 56 valence electrons. The Morgan fingerprint density at radius 3 is 3.00 bits per heavy atom. The third kappa shape index (κ3) is 1.98. The van der Waals surface area contributed by atoms with Gasteiger partial charge in [-0.05, 0) is 6.42 Å². The number of nitrogens with two attached hydrogens (primary N) is 1. The molecule has 3 heteroatoms. The summed E-state index contributed by atoms with van der Waals surface area (Å²) in [7, 11) is 0. The summed E-state index contributed by atoms with van der Waals surface area (Å²) < 4.78 is 0. The van der Waals surface area contributed by atoms with E-state index in [2.05, 4.69) is 9.74 Å². The molecule has 1 heterocycles. The van der Waals surface area contributed by atoms with Gasteiger partial charge < -0.3 is 10.6 Å². The molecule has 2 N–H and O–H groups in total. The first-order valence-corrected chi connectivity index (χ1v) is 3.64. The van der Waals surface area contributed by atoms with Gasteiger partial charge in [-0.2, -0.15) is 0 Å². The summed E-state index contributed by atoms with van der Waals surface area (Å²) in [5.74, 6) is 0. The van der Waals surface area contributed by atoms with Gasteiger partial charge in [0.15, 0.2) is 0 Å². The number of rotatable bonds is 2. The summed E-state index contributed by atoms with van der Waals surface area (Å²) in [6, 6.07) is 0.353. The van der Waals surface area contributed by atoms with Crippen LogP contribution in [0.25, 0.3) is 4.85 Å². The van der Waals surface area contributed by atoms with Crippen LogP contribution in [0.5, 0.6) is 0 Å². The van der Waals surface area contributed by atoms with Gasteiger partial charge in [-0.15, -0.1) is 0 Å². The van der Waals surface area contributed by atoms with Gasteiger partial charge in [-0.1, -0.05) is 0 Å². The highest BCUT2D eigenvalue weighted by Crippen LogP contribution is 2.05. The number of hydrogen-bond acceptors (Lipinski definition) is 2. The summed E-state index contributed by atoms with van der Waals surface area (Å²) in [4.78, 5) is 5.54. The molecular formula is C7H13N3. The van der Waals surface area contributed by atoms with E-state index in [-0.39, 0.29) is 0 Å². The van der Waals surface area contributed by atoms with Gasteiger partial charge in [-0.25, -0.2) is 6.57 Å². The maximum atomic E-state index is 6.58. The van der Waals surface area contributed by atoms with Crippen LogP contribution in [-0.4, -0.2) is 37.1 Å². The molecule has 1 aliphatic rings. The molecule has 0 aliphatic carbocycles. The number of likely N-dealkylation sites (tertiary alicyclic amines) is 1. The minimum Gasteiger partial charge on any atom is -0.326 e. The molecule has 0 amide bonds. The molecule has 0 aromatic heterocycles.